The van der Waals surface area contributed by atoms with E-state index in [1.54, 1.807) is 6.07 Å². The lowest BCUT2D eigenvalue weighted by molar-refractivity contribution is 0.397. The number of nitrogens with two attached hydrogens (primary N) is 1. The number of hydrogen-bond donors (Lipinski definition) is 1. The fraction of sp³-hybridized carbons (Fsp3) is 0.600. The number of rotatable bonds is 7. The van der Waals surface area contributed by atoms with Crippen molar-refractivity contribution in [3.63, 3.8) is 0 Å². The molecule has 4 nitrogen and oxygen atoms in total. The number of benzene rings is 1. The minimum absolute atomic E-state index is 0.0393. The Balaban J connectivity index is 3.01. The number of sulfonamides is 1. The highest BCUT2D eigenvalue weighted by Gasteiger charge is 2.24. The molecule has 1 aromatic carbocycles. The molecular weight excluding hydrogens is 291 g/mol. The summed E-state index contributed by atoms with van der Waals surface area (Å²) >= 11 is 0. The van der Waals surface area contributed by atoms with Gasteiger partial charge in [-0.3, -0.25) is 4.31 Å². The predicted octanol–water partition coefficient (Wildman–Crippen LogP) is 2.75. The molecule has 0 aliphatic carbocycles. The van der Waals surface area contributed by atoms with Crippen molar-refractivity contribution < 1.29 is 12.8 Å². The summed E-state index contributed by atoms with van der Waals surface area (Å²) < 4.78 is 39.8. The quantitative estimate of drug-likeness (QED) is 0.841. The topological polar surface area (TPSA) is 63.4 Å². The third-order valence-corrected chi connectivity index (χ3v) is 4.89. The first-order valence-corrected chi connectivity index (χ1v) is 8.73. The second-order valence-electron chi connectivity index (χ2n) is 6.32. The molecular formula is C15H25FN2O2S. The molecule has 0 aliphatic rings. The van der Waals surface area contributed by atoms with Gasteiger partial charge < -0.3 is 5.73 Å². The van der Waals surface area contributed by atoms with Gasteiger partial charge in [-0.1, -0.05) is 26.8 Å². The lowest BCUT2D eigenvalue weighted by Crippen LogP contribution is -2.35. The van der Waals surface area contributed by atoms with Crippen LogP contribution in [-0.2, 0) is 10.0 Å². The van der Waals surface area contributed by atoms with Crippen LogP contribution in [0.3, 0.4) is 0 Å². The van der Waals surface area contributed by atoms with E-state index in [0.29, 0.717) is 25.1 Å². The Morgan fingerprint density at radius 1 is 1.29 bits per heavy atom. The van der Waals surface area contributed by atoms with Crippen molar-refractivity contribution >= 4 is 15.7 Å². The van der Waals surface area contributed by atoms with Crippen molar-refractivity contribution in [3.8, 4) is 0 Å². The highest BCUT2D eigenvalue weighted by Crippen LogP contribution is 2.24. The molecule has 120 valence electrons. The molecule has 0 bridgehead atoms. The Kier molecular flexibility index (Phi) is 6.16. The molecule has 21 heavy (non-hydrogen) atoms. The zero-order valence-electron chi connectivity index (χ0n) is 13.0. The van der Waals surface area contributed by atoms with E-state index in [1.165, 1.54) is 22.5 Å². The summed E-state index contributed by atoms with van der Waals surface area (Å²) in [5, 5.41) is 0. The van der Waals surface area contributed by atoms with E-state index in [1.807, 2.05) is 20.8 Å². The van der Waals surface area contributed by atoms with Crippen molar-refractivity contribution in [2.75, 3.05) is 23.1 Å². The molecule has 0 atom stereocenters. The summed E-state index contributed by atoms with van der Waals surface area (Å²) in [6.07, 6.45) is 1.08. The van der Waals surface area contributed by atoms with Crippen LogP contribution in [0.25, 0.3) is 0 Å². The summed E-state index contributed by atoms with van der Waals surface area (Å²) in [5.74, 6) is -0.409. The number of nitrogens with zero attached hydrogens (tertiary/aromatic N) is 1. The van der Waals surface area contributed by atoms with E-state index in [4.69, 9.17) is 5.73 Å². The van der Waals surface area contributed by atoms with Crippen LogP contribution >= 0.6 is 0 Å². The average molecular weight is 316 g/mol. The van der Waals surface area contributed by atoms with Crippen LogP contribution in [0.2, 0.25) is 0 Å². The monoisotopic (exact) mass is 316 g/mol. The highest BCUT2D eigenvalue weighted by atomic mass is 32.2. The van der Waals surface area contributed by atoms with Gasteiger partial charge in [0.2, 0.25) is 10.0 Å². The van der Waals surface area contributed by atoms with Gasteiger partial charge in [-0.2, -0.15) is 0 Å². The smallest absolute Gasteiger partial charge is 0.235 e. The molecule has 0 amide bonds. The first kappa shape index (κ1) is 17.9. The van der Waals surface area contributed by atoms with Gasteiger partial charge in [0.15, 0.2) is 0 Å². The molecule has 2 N–H and O–H groups in total. The van der Waals surface area contributed by atoms with Crippen molar-refractivity contribution in [3.05, 3.63) is 30.1 Å². The van der Waals surface area contributed by atoms with Crippen molar-refractivity contribution in [1.82, 2.24) is 0 Å². The Bertz CT molecular complexity index is 553. The van der Waals surface area contributed by atoms with Gasteiger partial charge in [-0.25, -0.2) is 12.8 Å². The SMILES string of the molecule is CC(C)(C)CCS(=O)(=O)N(CCCN)c1cccc(F)c1. The third kappa shape index (κ3) is 6.01. The standard InChI is InChI=1S/C15H25FN2O2S/c1-15(2,3)8-11-21(19,20)18(10-5-9-17)14-7-4-6-13(16)12-14/h4,6-7,12H,5,8-11,17H2,1-3H3. The number of hydrogen-bond acceptors (Lipinski definition) is 3. The van der Waals surface area contributed by atoms with Gasteiger partial charge >= 0.3 is 0 Å². The molecule has 0 spiro atoms. The Labute approximate surface area is 127 Å². The van der Waals surface area contributed by atoms with Crippen LogP contribution in [0.5, 0.6) is 0 Å². The van der Waals surface area contributed by atoms with Gasteiger partial charge in [-0.05, 0) is 43.0 Å². The number of anilines is 1. The van der Waals surface area contributed by atoms with E-state index in [2.05, 4.69) is 0 Å². The van der Waals surface area contributed by atoms with Crippen LogP contribution in [0.15, 0.2) is 24.3 Å². The fourth-order valence-corrected chi connectivity index (χ4v) is 3.77. The zero-order chi connectivity index (χ0) is 16.1. The maximum Gasteiger partial charge on any atom is 0.235 e. The van der Waals surface area contributed by atoms with Gasteiger partial charge in [0, 0.05) is 6.54 Å². The minimum Gasteiger partial charge on any atom is -0.330 e. The molecule has 1 aromatic rings. The van der Waals surface area contributed by atoms with Crippen LogP contribution in [0.4, 0.5) is 10.1 Å². The lowest BCUT2D eigenvalue weighted by atomic mass is 9.94. The first-order chi connectivity index (χ1) is 9.65. The minimum atomic E-state index is -3.49. The molecule has 0 heterocycles. The van der Waals surface area contributed by atoms with Gasteiger partial charge in [0.1, 0.15) is 5.82 Å². The van der Waals surface area contributed by atoms with Gasteiger partial charge in [0.05, 0.1) is 11.4 Å². The van der Waals surface area contributed by atoms with E-state index in [9.17, 15) is 12.8 Å². The summed E-state index contributed by atoms with van der Waals surface area (Å²) in [5.41, 5.74) is 5.76. The maximum atomic E-state index is 13.4. The van der Waals surface area contributed by atoms with Crippen molar-refractivity contribution in [2.24, 2.45) is 11.1 Å². The second-order valence-corrected chi connectivity index (χ2v) is 8.33. The molecule has 0 fully saturated rings. The number of halogens is 1. The molecule has 0 aliphatic heterocycles. The van der Waals surface area contributed by atoms with Crippen molar-refractivity contribution in [2.45, 2.75) is 33.6 Å². The largest absolute Gasteiger partial charge is 0.330 e. The molecule has 0 saturated heterocycles. The van der Waals surface area contributed by atoms with Gasteiger partial charge in [-0.15, -0.1) is 0 Å². The highest BCUT2D eigenvalue weighted by molar-refractivity contribution is 7.92. The summed E-state index contributed by atoms with van der Waals surface area (Å²) in [6, 6.07) is 5.66. The van der Waals surface area contributed by atoms with Crippen LogP contribution in [0.1, 0.15) is 33.6 Å². The predicted molar refractivity (Wildman–Crippen MR) is 85.3 cm³/mol. The van der Waals surface area contributed by atoms with Gasteiger partial charge in [0.25, 0.3) is 0 Å². The molecule has 0 aromatic heterocycles. The zero-order valence-corrected chi connectivity index (χ0v) is 13.8. The second kappa shape index (κ2) is 7.22. The van der Waals surface area contributed by atoms with E-state index in [-0.39, 0.29) is 17.7 Å². The fourth-order valence-electron chi connectivity index (χ4n) is 1.84. The van der Waals surface area contributed by atoms with Crippen molar-refractivity contribution in [1.29, 1.82) is 0 Å². The molecule has 0 unspecified atom stereocenters. The first-order valence-electron chi connectivity index (χ1n) is 7.12. The molecule has 0 saturated carbocycles. The summed E-state index contributed by atoms with van der Waals surface area (Å²) in [4.78, 5) is 0. The molecule has 1 rings (SSSR count). The Morgan fingerprint density at radius 3 is 2.48 bits per heavy atom. The Hall–Kier alpha value is -1.14. The normalized spacial score (nSPS) is 12.4. The van der Waals surface area contributed by atoms with Crippen LogP contribution < -0.4 is 10.0 Å². The van der Waals surface area contributed by atoms with E-state index < -0.39 is 15.8 Å². The van der Waals surface area contributed by atoms with Crippen LogP contribution in [-0.4, -0.2) is 27.3 Å². The molecule has 6 heteroatoms. The maximum absolute atomic E-state index is 13.4. The summed E-state index contributed by atoms with van der Waals surface area (Å²) in [6.45, 7) is 6.64. The average Bonchev–Trinajstić information content (AvgIpc) is 2.36. The Morgan fingerprint density at radius 2 is 1.95 bits per heavy atom. The van der Waals surface area contributed by atoms with Crippen LogP contribution in [0, 0.1) is 11.2 Å². The third-order valence-electron chi connectivity index (χ3n) is 3.11. The van der Waals surface area contributed by atoms with E-state index >= 15 is 0 Å². The van der Waals surface area contributed by atoms with E-state index in [0.717, 1.165) is 0 Å². The summed E-state index contributed by atoms with van der Waals surface area (Å²) in [7, 11) is -3.49. The molecule has 0 radical (unpaired) electrons. The lowest BCUT2D eigenvalue weighted by Gasteiger charge is -2.26.